The van der Waals surface area contributed by atoms with Gasteiger partial charge in [-0.05, 0) is 71.7 Å². The zero-order valence-electron chi connectivity index (χ0n) is 24.5. The average Bonchev–Trinajstić information content (AvgIpc) is 3.19. The molecule has 0 unspecified atom stereocenters. The van der Waals surface area contributed by atoms with Crippen molar-refractivity contribution >= 4 is 23.3 Å². The van der Waals surface area contributed by atoms with E-state index in [0.29, 0.717) is 41.5 Å². The minimum absolute atomic E-state index is 0.0424. The van der Waals surface area contributed by atoms with Crippen LogP contribution < -0.4 is 21.1 Å². The number of nitrogens with two attached hydrogens (primary N) is 1. The Bertz CT molecular complexity index is 1660. The van der Waals surface area contributed by atoms with Gasteiger partial charge in [0.2, 0.25) is 0 Å². The lowest BCUT2D eigenvalue weighted by Gasteiger charge is -2.21. The van der Waals surface area contributed by atoms with Crippen molar-refractivity contribution in [2.75, 3.05) is 12.4 Å². The molecule has 0 saturated heterocycles. The number of carbonyl (C=O) groups excluding carboxylic acids is 2. The quantitative estimate of drug-likeness (QED) is 0.280. The van der Waals surface area contributed by atoms with Gasteiger partial charge in [-0.1, -0.05) is 57.2 Å². The molecule has 4 N–H and O–H groups in total. The molecule has 0 bridgehead atoms. The maximum Gasteiger partial charge on any atom is 0.255 e. The summed E-state index contributed by atoms with van der Waals surface area (Å²) in [5, 5.41) is 11.3. The van der Waals surface area contributed by atoms with Gasteiger partial charge >= 0.3 is 0 Å². The number of aryl methyl sites for hydroxylation is 4. The van der Waals surface area contributed by atoms with E-state index in [-0.39, 0.29) is 11.3 Å². The first-order valence-electron chi connectivity index (χ1n) is 13.8. The Morgan fingerprint density at radius 3 is 2.54 bits per heavy atom. The van der Waals surface area contributed by atoms with E-state index in [9.17, 15) is 9.59 Å². The molecule has 2 amide bonds. The molecule has 5 rings (SSSR count). The number of aromatic nitrogens is 2. The van der Waals surface area contributed by atoms with Gasteiger partial charge in [-0.3, -0.25) is 9.59 Å². The van der Waals surface area contributed by atoms with Crippen LogP contribution in [-0.4, -0.2) is 28.7 Å². The molecular formula is C33H37N5O3. The van der Waals surface area contributed by atoms with Gasteiger partial charge in [0.15, 0.2) is 0 Å². The molecule has 0 saturated carbocycles. The molecule has 3 aromatic carbocycles. The van der Waals surface area contributed by atoms with E-state index in [1.807, 2.05) is 48.9 Å². The number of fused-ring (bicyclic) bond motifs is 2. The molecule has 1 aliphatic rings. The van der Waals surface area contributed by atoms with E-state index in [4.69, 9.17) is 15.6 Å². The summed E-state index contributed by atoms with van der Waals surface area (Å²) in [6.07, 6.45) is 0.780. The Labute approximate surface area is 240 Å². The van der Waals surface area contributed by atoms with Gasteiger partial charge in [0.05, 0.1) is 12.7 Å². The summed E-state index contributed by atoms with van der Waals surface area (Å²) in [4.78, 5) is 25.7. The third-order valence-electron chi connectivity index (χ3n) is 7.73. The number of hydrogen-bond donors (Lipinski definition) is 3. The Hall–Kier alpha value is -4.59. The Kier molecular flexibility index (Phi) is 7.34. The normalized spacial score (nSPS) is 12.5. The van der Waals surface area contributed by atoms with Gasteiger partial charge in [0.25, 0.3) is 11.8 Å². The first kappa shape index (κ1) is 28.0. The van der Waals surface area contributed by atoms with Crippen molar-refractivity contribution in [1.29, 1.82) is 0 Å². The van der Waals surface area contributed by atoms with Crippen LogP contribution in [0.15, 0.2) is 54.6 Å². The summed E-state index contributed by atoms with van der Waals surface area (Å²) in [7, 11) is 1.56. The number of anilines is 2. The molecule has 0 aliphatic carbocycles. The maximum atomic E-state index is 12.9. The number of benzene rings is 3. The second kappa shape index (κ2) is 10.8. The molecule has 8 nitrogen and oxygen atoms in total. The Balaban J connectivity index is 1.41. The topological polar surface area (TPSA) is 111 Å². The van der Waals surface area contributed by atoms with E-state index < -0.39 is 5.91 Å². The summed E-state index contributed by atoms with van der Waals surface area (Å²) in [6, 6.07) is 17.8. The van der Waals surface area contributed by atoms with Crippen LogP contribution >= 0.6 is 0 Å². The van der Waals surface area contributed by atoms with Crippen molar-refractivity contribution in [3.63, 3.8) is 0 Å². The highest BCUT2D eigenvalue weighted by Gasteiger charge is 2.27. The number of methoxy groups -OCH3 is 1. The summed E-state index contributed by atoms with van der Waals surface area (Å²) in [6.45, 7) is 11.4. The van der Waals surface area contributed by atoms with Crippen LogP contribution in [0.25, 0.3) is 11.3 Å². The fourth-order valence-electron chi connectivity index (χ4n) is 5.34. The maximum absolute atomic E-state index is 12.9. The number of nitrogens with one attached hydrogen (secondary N) is 2. The second-order valence-corrected chi connectivity index (χ2v) is 11.6. The van der Waals surface area contributed by atoms with Crippen molar-refractivity contribution in [1.82, 2.24) is 15.1 Å². The smallest absolute Gasteiger partial charge is 0.255 e. The zero-order chi connectivity index (χ0) is 29.5. The predicted molar refractivity (Wildman–Crippen MR) is 162 cm³/mol. The van der Waals surface area contributed by atoms with Crippen molar-refractivity contribution in [3.05, 3.63) is 93.5 Å². The van der Waals surface area contributed by atoms with Gasteiger partial charge < -0.3 is 21.1 Å². The van der Waals surface area contributed by atoms with Gasteiger partial charge in [0.1, 0.15) is 22.8 Å². The number of hydrogen-bond acceptors (Lipinski definition) is 5. The lowest BCUT2D eigenvalue weighted by Crippen LogP contribution is -2.24. The Morgan fingerprint density at radius 1 is 1.07 bits per heavy atom. The molecular weight excluding hydrogens is 514 g/mol. The zero-order valence-corrected chi connectivity index (χ0v) is 24.5. The van der Waals surface area contributed by atoms with E-state index in [1.54, 1.807) is 13.2 Å². The van der Waals surface area contributed by atoms with E-state index in [1.165, 1.54) is 11.1 Å². The summed E-state index contributed by atoms with van der Waals surface area (Å²) in [5.74, 6) is 0.436. The lowest BCUT2D eigenvalue weighted by molar-refractivity contribution is 0.0946. The highest BCUT2D eigenvalue weighted by Crippen LogP contribution is 2.36. The number of ether oxygens (including phenoxy) is 1. The van der Waals surface area contributed by atoms with E-state index in [2.05, 4.69) is 49.6 Å². The third-order valence-corrected chi connectivity index (χ3v) is 7.73. The van der Waals surface area contributed by atoms with Gasteiger partial charge in [-0.15, -0.1) is 0 Å². The SMILES string of the molecule is COc1c(C)cccc1C(=O)NCc1ccc(-c2nn3c(c2C(N)=O)Nc2ccc(C(C)(C)C)cc2CC3)cc1C. The average molecular weight is 552 g/mol. The number of rotatable bonds is 6. The highest BCUT2D eigenvalue weighted by molar-refractivity contribution is 6.04. The number of nitrogens with zero attached hydrogens (tertiary/aromatic N) is 2. The fourth-order valence-corrected chi connectivity index (χ4v) is 5.34. The first-order chi connectivity index (χ1) is 19.5. The van der Waals surface area contributed by atoms with Crippen LogP contribution in [0.1, 0.15) is 69.3 Å². The molecule has 212 valence electrons. The van der Waals surface area contributed by atoms with Gasteiger partial charge in [-0.2, -0.15) is 5.10 Å². The molecule has 2 heterocycles. The second-order valence-electron chi connectivity index (χ2n) is 11.6. The molecule has 0 atom stereocenters. The molecule has 0 fully saturated rings. The number of amides is 2. The van der Waals surface area contributed by atoms with Crippen LogP contribution in [-0.2, 0) is 24.9 Å². The van der Waals surface area contributed by atoms with Crippen LogP contribution in [0.4, 0.5) is 11.5 Å². The van der Waals surface area contributed by atoms with Crippen LogP contribution in [0.5, 0.6) is 5.75 Å². The largest absolute Gasteiger partial charge is 0.496 e. The van der Waals surface area contributed by atoms with Crippen molar-refractivity contribution in [2.24, 2.45) is 5.73 Å². The van der Waals surface area contributed by atoms with E-state index in [0.717, 1.165) is 34.4 Å². The first-order valence-corrected chi connectivity index (χ1v) is 13.8. The third kappa shape index (κ3) is 5.42. The molecule has 8 heteroatoms. The predicted octanol–water partition coefficient (Wildman–Crippen LogP) is 5.80. The van der Waals surface area contributed by atoms with Gasteiger partial charge in [-0.25, -0.2) is 4.68 Å². The molecule has 4 aromatic rings. The fraction of sp³-hybridized carbons (Fsp3) is 0.303. The summed E-state index contributed by atoms with van der Waals surface area (Å²) >= 11 is 0. The van der Waals surface area contributed by atoms with Crippen LogP contribution in [0, 0.1) is 13.8 Å². The minimum atomic E-state index is -0.537. The molecule has 1 aromatic heterocycles. The lowest BCUT2D eigenvalue weighted by atomic mass is 9.85. The Morgan fingerprint density at radius 2 is 1.85 bits per heavy atom. The van der Waals surface area contributed by atoms with Crippen molar-refractivity contribution < 1.29 is 14.3 Å². The van der Waals surface area contributed by atoms with Crippen molar-refractivity contribution in [3.8, 4) is 17.0 Å². The number of carbonyl (C=O) groups is 2. The molecule has 0 spiro atoms. The number of para-hydroxylation sites is 1. The van der Waals surface area contributed by atoms with Crippen LogP contribution in [0.3, 0.4) is 0 Å². The highest BCUT2D eigenvalue weighted by atomic mass is 16.5. The minimum Gasteiger partial charge on any atom is -0.496 e. The number of primary amides is 1. The van der Waals surface area contributed by atoms with Gasteiger partial charge in [0, 0.05) is 24.3 Å². The summed E-state index contributed by atoms with van der Waals surface area (Å²) < 4.78 is 7.27. The van der Waals surface area contributed by atoms with Crippen molar-refractivity contribution in [2.45, 2.75) is 59.5 Å². The summed E-state index contributed by atoms with van der Waals surface area (Å²) in [5.41, 5.74) is 14.4. The molecule has 0 radical (unpaired) electrons. The van der Waals surface area contributed by atoms with Crippen LogP contribution in [0.2, 0.25) is 0 Å². The standard InChI is InChI=1S/C33H37N5O3/c1-19-8-7-9-25(29(19)41-6)32(40)35-18-23-11-10-22(16-20(23)2)28-27(30(34)39)31-36-26-13-12-24(33(3,4)5)17-21(26)14-15-38(31)37-28/h7-13,16-17,36H,14-15,18H2,1-6H3,(H2,34,39)(H,35,40). The molecule has 1 aliphatic heterocycles. The monoisotopic (exact) mass is 551 g/mol. The molecule has 41 heavy (non-hydrogen) atoms. The van der Waals surface area contributed by atoms with E-state index >= 15 is 0 Å².